The highest BCUT2D eigenvalue weighted by molar-refractivity contribution is 7.89. The first-order chi connectivity index (χ1) is 16.6. The standard InChI is InChI=1S/C25H30FN3O5S/c1-17(29-12-6-9-24(35(29,33)34)19-7-4-3-5-8-19)21-11-10-20(15-22(21)26)27-13-14-28(18(2)30)23(16-27)25(31)32/h3-5,7-8,10-11,15,17,23-24H,6,9,12-14,16H2,1-2H3,(H,31,32)/t17?,23-,24?/m0/s1. The van der Waals surface area contributed by atoms with Crippen LogP contribution in [0.25, 0.3) is 0 Å². The van der Waals surface area contributed by atoms with Gasteiger partial charge in [-0.15, -0.1) is 0 Å². The predicted molar refractivity (Wildman–Crippen MR) is 130 cm³/mol. The van der Waals surface area contributed by atoms with Crippen molar-refractivity contribution in [2.24, 2.45) is 0 Å². The van der Waals surface area contributed by atoms with E-state index >= 15 is 4.39 Å². The maximum absolute atomic E-state index is 15.3. The Hall–Kier alpha value is -2.98. The van der Waals surface area contributed by atoms with Crippen molar-refractivity contribution in [3.05, 3.63) is 65.5 Å². The molecule has 35 heavy (non-hydrogen) atoms. The second kappa shape index (κ2) is 9.94. The number of carboxylic acids is 1. The van der Waals surface area contributed by atoms with E-state index in [0.717, 1.165) is 5.56 Å². The van der Waals surface area contributed by atoms with E-state index in [1.165, 1.54) is 22.2 Å². The Morgan fingerprint density at radius 3 is 2.43 bits per heavy atom. The van der Waals surface area contributed by atoms with Crippen molar-refractivity contribution < 1.29 is 27.5 Å². The smallest absolute Gasteiger partial charge is 0.328 e. The zero-order valence-electron chi connectivity index (χ0n) is 19.8. The van der Waals surface area contributed by atoms with E-state index in [4.69, 9.17) is 0 Å². The fraction of sp³-hybridized carbons (Fsp3) is 0.440. The minimum atomic E-state index is -3.69. The number of carbonyl (C=O) groups is 2. The number of nitrogens with zero attached hydrogens (tertiary/aromatic N) is 3. The van der Waals surface area contributed by atoms with Gasteiger partial charge in [-0.05, 0) is 37.5 Å². The largest absolute Gasteiger partial charge is 0.480 e. The summed E-state index contributed by atoms with van der Waals surface area (Å²) in [5.41, 5.74) is 1.50. The first-order valence-electron chi connectivity index (χ1n) is 11.7. The molecule has 8 nitrogen and oxygen atoms in total. The van der Waals surface area contributed by atoms with Crippen LogP contribution in [-0.4, -0.2) is 66.8 Å². The fourth-order valence-electron chi connectivity index (χ4n) is 5.10. The molecule has 2 aromatic carbocycles. The number of benzene rings is 2. The second-order valence-electron chi connectivity index (χ2n) is 9.09. The summed E-state index contributed by atoms with van der Waals surface area (Å²) < 4.78 is 43.6. The maximum atomic E-state index is 15.3. The Labute approximate surface area is 205 Å². The number of rotatable bonds is 5. The van der Waals surface area contributed by atoms with Crippen LogP contribution in [0.1, 0.15) is 49.1 Å². The molecule has 0 aliphatic carbocycles. The van der Waals surface area contributed by atoms with Crippen LogP contribution in [0.3, 0.4) is 0 Å². The second-order valence-corrected chi connectivity index (χ2v) is 11.2. The Morgan fingerprint density at radius 2 is 1.80 bits per heavy atom. The molecule has 188 valence electrons. The monoisotopic (exact) mass is 503 g/mol. The minimum Gasteiger partial charge on any atom is -0.480 e. The van der Waals surface area contributed by atoms with Gasteiger partial charge in [0, 0.05) is 50.4 Å². The van der Waals surface area contributed by atoms with Gasteiger partial charge in [-0.3, -0.25) is 4.79 Å². The summed E-state index contributed by atoms with van der Waals surface area (Å²) in [6, 6.07) is 12.0. The van der Waals surface area contributed by atoms with E-state index in [-0.39, 0.29) is 24.6 Å². The Kier molecular flexibility index (Phi) is 7.14. The van der Waals surface area contributed by atoms with Crippen LogP contribution < -0.4 is 4.90 Å². The summed E-state index contributed by atoms with van der Waals surface area (Å²) in [5.74, 6) is -1.98. The summed E-state index contributed by atoms with van der Waals surface area (Å²) in [6.07, 6.45) is 1.20. The molecule has 2 aromatic rings. The third kappa shape index (κ3) is 4.90. The van der Waals surface area contributed by atoms with Crippen LogP contribution in [-0.2, 0) is 19.6 Å². The molecule has 2 heterocycles. The number of halogens is 1. The molecule has 0 spiro atoms. The van der Waals surface area contributed by atoms with Crippen LogP contribution in [0.2, 0.25) is 0 Å². The molecular weight excluding hydrogens is 473 g/mol. The number of hydrogen-bond acceptors (Lipinski definition) is 5. The molecule has 2 aliphatic rings. The molecule has 10 heteroatoms. The zero-order valence-corrected chi connectivity index (χ0v) is 20.6. The average molecular weight is 504 g/mol. The molecular formula is C25H30FN3O5S. The van der Waals surface area contributed by atoms with Gasteiger partial charge in [0.15, 0.2) is 0 Å². The van der Waals surface area contributed by atoms with E-state index in [2.05, 4.69) is 0 Å². The van der Waals surface area contributed by atoms with Crippen LogP contribution in [0.15, 0.2) is 48.5 Å². The van der Waals surface area contributed by atoms with Crippen molar-refractivity contribution in [3.8, 4) is 0 Å². The summed E-state index contributed by atoms with van der Waals surface area (Å²) in [7, 11) is -3.69. The minimum absolute atomic E-state index is 0.0442. The molecule has 2 fully saturated rings. The highest BCUT2D eigenvalue weighted by Gasteiger charge is 2.40. The predicted octanol–water partition coefficient (Wildman–Crippen LogP) is 3.18. The molecule has 0 bridgehead atoms. The number of sulfonamides is 1. The van der Waals surface area contributed by atoms with Crippen LogP contribution in [0.5, 0.6) is 0 Å². The van der Waals surface area contributed by atoms with E-state index in [1.54, 1.807) is 24.0 Å². The molecule has 0 aromatic heterocycles. The Balaban J connectivity index is 1.56. The first kappa shape index (κ1) is 25.1. The Morgan fingerprint density at radius 1 is 1.09 bits per heavy atom. The quantitative estimate of drug-likeness (QED) is 0.673. The number of hydrogen-bond donors (Lipinski definition) is 1. The number of amides is 1. The average Bonchev–Trinajstić information content (AvgIpc) is 2.83. The van der Waals surface area contributed by atoms with Crippen LogP contribution >= 0.6 is 0 Å². The Bertz CT molecular complexity index is 1210. The van der Waals surface area contributed by atoms with Crippen molar-refractivity contribution in [3.63, 3.8) is 0 Å². The molecule has 4 rings (SSSR count). The van der Waals surface area contributed by atoms with Crippen molar-refractivity contribution in [2.45, 2.75) is 44.0 Å². The van der Waals surface area contributed by atoms with Gasteiger partial charge < -0.3 is 14.9 Å². The lowest BCUT2D eigenvalue weighted by molar-refractivity contribution is -0.149. The first-order valence-corrected chi connectivity index (χ1v) is 13.2. The highest BCUT2D eigenvalue weighted by Crippen LogP contribution is 2.39. The molecule has 2 saturated heterocycles. The van der Waals surface area contributed by atoms with Crippen LogP contribution in [0, 0.1) is 5.82 Å². The number of carboxylic acid groups (broad SMARTS) is 1. The van der Waals surface area contributed by atoms with Crippen molar-refractivity contribution in [1.29, 1.82) is 0 Å². The highest BCUT2D eigenvalue weighted by atomic mass is 32.2. The summed E-state index contributed by atoms with van der Waals surface area (Å²) in [4.78, 5) is 26.5. The van der Waals surface area contributed by atoms with Gasteiger partial charge in [0.25, 0.3) is 0 Å². The number of piperazine rings is 1. The SMILES string of the molecule is CC(=O)N1CCN(c2ccc(C(C)N3CCCC(c4ccccc4)S3(=O)=O)c(F)c2)C[C@H]1C(=O)O. The van der Waals surface area contributed by atoms with Gasteiger partial charge in [0.2, 0.25) is 15.9 Å². The van der Waals surface area contributed by atoms with Gasteiger partial charge in [-0.25, -0.2) is 17.6 Å². The molecule has 0 radical (unpaired) electrons. The van der Waals surface area contributed by atoms with E-state index in [9.17, 15) is 23.1 Å². The molecule has 2 aliphatic heterocycles. The third-order valence-corrected chi connectivity index (χ3v) is 9.38. The van der Waals surface area contributed by atoms with Gasteiger partial charge in [0.05, 0.1) is 0 Å². The number of carbonyl (C=O) groups excluding carboxylic acids is 1. The van der Waals surface area contributed by atoms with Gasteiger partial charge in [-0.1, -0.05) is 36.4 Å². The molecule has 3 atom stereocenters. The van der Waals surface area contributed by atoms with E-state index in [1.807, 2.05) is 30.3 Å². The number of anilines is 1. The zero-order chi connectivity index (χ0) is 25.3. The van der Waals surface area contributed by atoms with Crippen molar-refractivity contribution >= 4 is 27.6 Å². The summed E-state index contributed by atoms with van der Waals surface area (Å²) in [6.45, 7) is 3.98. The lowest BCUT2D eigenvalue weighted by atomic mass is 10.0. The summed E-state index contributed by atoms with van der Waals surface area (Å²) in [5, 5.41) is 8.87. The third-order valence-electron chi connectivity index (χ3n) is 7.00. The normalized spacial score (nSPS) is 23.6. The fourth-order valence-corrected chi connectivity index (χ4v) is 7.34. The van der Waals surface area contributed by atoms with Gasteiger partial charge in [0.1, 0.15) is 17.1 Å². The van der Waals surface area contributed by atoms with Gasteiger partial charge in [-0.2, -0.15) is 4.31 Å². The lowest BCUT2D eigenvalue weighted by Crippen LogP contribution is -2.58. The topological polar surface area (TPSA) is 98.2 Å². The molecule has 0 saturated carbocycles. The molecule has 2 unspecified atom stereocenters. The van der Waals surface area contributed by atoms with E-state index < -0.39 is 39.1 Å². The maximum Gasteiger partial charge on any atom is 0.328 e. The summed E-state index contributed by atoms with van der Waals surface area (Å²) >= 11 is 0. The van der Waals surface area contributed by atoms with Crippen molar-refractivity contribution in [1.82, 2.24) is 9.21 Å². The number of aliphatic carboxylic acids is 1. The molecule has 1 amide bonds. The van der Waals surface area contributed by atoms with Crippen molar-refractivity contribution in [2.75, 3.05) is 31.1 Å². The molecule has 1 N–H and O–H groups in total. The van der Waals surface area contributed by atoms with E-state index in [0.29, 0.717) is 31.6 Å². The van der Waals surface area contributed by atoms with Gasteiger partial charge >= 0.3 is 5.97 Å². The van der Waals surface area contributed by atoms with Crippen LogP contribution in [0.4, 0.5) is 10.1 Å². The lowest BCUT2D eigenvalue weighted by Gasteiger charge is -2.40.